The Balaban J connectivity index is 1.97. The molecule has 0 aliphatic carbocycles. The Labute approximate surface area is 127 Å². The maximum atomic E-state index is 12.0. The summed E-state index contributed by atoms with van der Waals surface area (Å²) >= 11 is 0. The number of carboxylic acid groups (broad SMARTS) is 1. The fourth-order valence-corrected chi connectivity index (χ4v) is 1.72. The molecule has 6 nitrogen and oxygen atoms in total. The van der Waals surface area contributed by atoms with Crippen LogP contribution >= 0.6 is 0 Å². The van der Waals surface area contributed by atoms with E-state index in [2.05, 4.69) is 5.32 Å². The van der Waals surface area contributed by atoms with Crippen LogP contribution in [0.5, 0.6) is 11.5 Å². The lowest BCUT2D eigenvalue weighted by molar-refractivity contribution is -0.307. The van der Waals surface area contributed by atoms with Crippen molar-refractivity contribution in [3.05, 3.63) is 54.1 Å². The molecule has 0 fully saturated rings. The summed E-state index contributed by atoms with van der Waals surface area (Å²) in [5.74, 6) is -0.499. The smallest absolute Gasteiger partial charge is 0.255 e. The first-order valence-corrected chi connectivity index (χ1v) is 6.46. The van der Waals surface area contributed by atoms with E-state index in [9.17, 15) is 14.7 Å². The van der Waals surface area contributed by atoms with E-state index in [0.717, 1.165) is 0 Å². The zero-order valence-electron chi connectivity index (χ0n) is 11.9. The standard InChI is InChI=1S/C16H15NO5/c1-21-13-6-2-11(3-7-13)16(20)17-12-4-8-14(9-5-12)22-10-15(18)19/h2-9H,10H2,1H3,(H,17,20)(H,18,19)/p-1. The largest absolute Gasteiger partial charge is 0.546 e. The maximum absolute atomic E-state index is 12.0. The number of benzene rings is 2. The predicted octanol–water partition coefficient (Wildman–Crippen LogP) is 1.08. The zero-order chi connectivity index (χ0) is 15.9. The third kappa shape index (κ3) is 4.24. The van der Waals surface area contributed by atoms with Crippen LogP contribution in [0.3, 0.4) is 0 Å². The molecular formula is C16H14NO5-. The summed E-state index contributed by atoms with van der Waals surface area (Å²) in [6.07, 6.45) is 0. The van der Waals surface area contributed by atoms with Gasteiger partial charge in [-0.05, 0) is 48.5 Å². The average Bonchev–Trinajstić information content (AvgIpc) is 2.54. The highest BCUT2D eigenvalue weighted by atomic mass is 16.5. The summed E-state index contributed by atoms with van der Waals surface area (Å²) in [7, 11) is 1.55. The molecule has 6 heteroatoms. The number of nitrogens with one attached hydrogen (secondary N) is 1. The van der Waals surface area contributed by atoms with Gasteiger partial charge in [-0.15, -0.1) is 0 Å². The SMILES string of the molecule is COc1ccc(C(=O)Nc2ccc(OCC(=O)[O-])cc2)cc1. The van der Waals surface area contributed by atoms with Crippen molar-refractivity contribution in [3.63, 3.8) is 0 Å². The highest BCUT2D eigenvalue weighted by Crippen LogP contribution is 2.17. The van der Waals surface area contributed by atoms with Crippen LogP contribution in [0.15, 0.2) is 48.5 Å². The lowest BCUT2D eigenvalue weighted by atomic mass is 10.2. The number of aliphatic carboxylic acids is 1. The molecule has 1 N–H and O–H groups in total. The van der Waals surface area contributed by atoms with Gasteiger partial charge in [-0.2, -0.15) is 0 Å². The molecule has 114 valence electrons. The van der Waals surface area contributed by atoms with Gasteiger partial charge in [0.15, 0.2) is 0 Å². The van der Waals surface area contributed by atoms with Crippen molar-refractivity contribution >= 4 is 17.6 Å². The summed E-state index contributed by atoms with van der Waals surface area (Å²) in [4.78, 5) is 22.3. The predicted molar refractivity (Wildman–Crippen MR) is 77.9 cm³/mol. The Morgan fingerprint density at radius 1 is 1.00 bits per heavy atom. The van der Waals surface area contributed by atoms with Crippen molar-refractivity contribution in [2.24, 2.45) is 0 Å². The number of carbonyl (C=O) groups is 2. The van der Waals surface area contributed by atoms with Gasteiger partial charge in [0.05, 0.1) is 13.1 Å². The zero-order valence-corrected chi connectivity index (χ0v) is 11.9. The minimum Gasteiger partial charge on any atom is -0.546 e. The number of carboxylic acids is 1. The van der Waals surface area contributed by atoms with E-state index < -0.39 is 12.6 Å². The number of rotatable bonds is 6. The highest BCUT2D eigenvalue weighted by Gasteiger charge is 2.06. The van der Waals surface area contributed by atoms with Crippen LogP contribution in [0.1, 0.15) is 10.4 Å². The summed E-state index contributed by atoms with van der Waals surface area (Å²) in [5.41, 5.74) is 1.07. The first-order chi connectivity index (χ1) is 10.6. The molecule has 0 radical (unpaired) electrons. The first kappa shape index (κ1) is 15.4. The van der Waals surface area contributed by atoms with E-state index in [1.54, 1.807) is 55.6 Å². The van der Waals surface area contributed by atoms with Crippen LogP contribution in [0.4, 0.5) is 5.69 Å². The molecule has 0 aliphatic rings. The third-order valence-electron chi connectivity index (χ3n) is 2.82. The van der Waals surface area contributed by atoms with Gasteiger partial charge < -0.3 is 24.7 Å². The van der Waals surface area contributed by atoms with Crippen molar-refractivity contribution < 1.29 is 24.2 Å². The number of anilines is 1. The van der Waals surface area contributed by atoms with Gasteiger partial charge in [0, 0.05) is 11.3 Å². The fourth-order valence-electron chi connectivity index (χ4n) is 1.72. The van der Waals surface area contributed by atoms with E-state index in [-0.39, 0.29) is 5.91 Å². The molecule has 0 atom stereocenters. The molecule has 22 heavy (non-hydrogen) atoms. The van der Waals surface area contributed by atoms with E-state index in [1.165, 1.54) is 0 Å². The van der Waals surface area contributed by atoms with E-state index >= 15 is 0 Å². The monoisotopic (exact) mass is 300 g/mol. The lowest BCUT2D eigenvalue weighted by Crippen LogP contribution is -2.28. The fraction of sp³-hybridized carbons (Fsp3) is 0.125. The minimum atomic E-state index is -1.29. The van der Waals surface area contributed by atoms with Crippen LogP contribution in [-0.2, 0) is 4.79 Å². The summed E-state index contributed by atoms with van der Waals surface area (Å²) in [5, 5.41) is 13.0. The van der Waals surface area contributed by atoms with Crippen LogP contribution in [0.25, 0.3) is 0 Å². The Kier molecular flexibility index (Phi) is 4.98. The average molecular weight is 300 g/mol. The second-order valence-electron chi connectivity index (χ2n) is 4.37. The van der Waals surface area contributed by atoms with E-state index in [4.69, 9.17) is 9.47 Å². The molecule has 2 aromatic rings. The topological polar surface area (TPSA) is 87.7 Å². The van der Waals surface area contributed by atoms with Crippen LogP contribution in [-0.4, -0.2) is 25.6 Å². The molecule has 0 aromatic heterocycles. The lowest BCUT2D eigenvalue weighted by Gasteiger charge is -2.09. The third-order valence-corrected chi connectivity index (χ3v) is 2.82. The van der Waals surface area contributed by atoms with Gasteiger partial charge in [-0.25, -0.2) is 0 Å². The van der Waals surface area contributed by atoms with Crippen LogP contribution < -0.4 is 19.9 Å². The Morgan fingerprint density at radius 2 is 1.59 bits per heavy atom. The number of hydrogen-bond donors (Lipinski definition) is 1. The molecule has 0 heterocycles. The molecule has 2 rings (SSSR count). The van der Waals surface area contributed by atoms with Gasteiger partial charge in [0.1, 0.15) is 18.1 Å². The van der Waals surface area contributed by atoms with E-state index in [0.29, 0.717) is 22.7 Å². The van der Waals surface area contributed by atoms with Gasteiger partial charge in [-0.3, -0.25) is 4.79 Å². The summed E-state index contributed by atoms with van der Waals surface area (Å²) < 4.78 is 9.98. The highest BCUT2D eigenvalue weighted by molar-refractivity contribution is 6.04. The van der Waals surface area contributed by atoms with Crippen LogP contribution in [0.2, 0.25) is 0 Å². The molecule has 0 unspecified atom stereocenters. The number of hydrogen-bond acceptors (Lipinski definition) is 5. The van der Waals surface area contributed by atoms with Crippen LogP contribution in [0, 0.1) is 0 Å². The second kappa shape index (κ2) is 7.12. The number of ether oxygens (including phenoxy) is 2. The molecule has 2 aromatic carbocycles. The first-order valence-electron chi connectivity index (χ1n) is 6.46. The van der Waals surface area contributed by atoms with Crippen molar-refractivity contribution in [2.45, 2.75) is 0 Å². The van der Waals surface area contributed by atoms with Crippen molar-refractivity contribution in [1.29, 1.82) is 0 Å². The van der Waals surface area contributed by atoms with Gasteiger partial charge in [0.2, 0.25) is 0 Å². The summed E-state index contributed by atoms with van der Waals surface area (Å²) in [6.45, 7) is -0.516. The quantitative estimate of drug-likeness (QED) is 0.862. The van der Waals surface area contributed by atoms with Crippen molar-refractivity contribution in [2.75, 3.05) is 19.0 Å². The molecule has 0 spiro atoms. The molecule has 0 saturated carbocycles. The van der Waals surface area contributed by atoms with Crippen molar-refractivity contribution in [3.8, 4) is 11.5 Å². The van der Waals surface area contributed by atoms with Gasteiger partial charge in [0.25, 0.3) is 5.91 Å². The normalized spacial score (nSPS) is 9.86. The van der Waals surface area contributed by atoms with E-state index in [1.807, 2.05) is 0 Å². The molecule has 1 amide bonds. The number of carbonyl (C=O) groups excluding carboxylic acids is 2. The second-order valence-corrected chi connectivity index (χ2v) is 4.37. The van der Waals surface area contributed by atoms with Gasteiger partial charge >= 0.3 is 0 Å². The Hall–Kier alpha value is -3.02. The Morgan fingerprint density at radius 3 is 2.14 bits per heavy atom. The number of methoxy groups -OCH3 is 1. The Bertz CT molecular complexity index is 649. The van der Waals surface area contributed by atoms with Gasteiger partial charge in [-0.1, -0.05) is 0 Å². The molecular weight excluding hydrogens is 286 g/mol. The van der Waals surface area contributed by atoms with Crippen molar-refractivity contribution in [1.82, 2.24) is 0 Å². The summed E-state index contributed by atoms with van der Waals surface area (Å²) in [6, 6.07) is 13.1. The molecule has 0 bridgehead atoms. The molecule has 0 saturated heterocycles. The number of amides is 1. The minimum absolute atomic E-state index is 0.258. The maximum Gasteiger partial charge on any atom is 0.255 e. The molecule has 0 aliphatic heterocycles.